The smallest absolute Gasteiger partial charge is 0.267 e. The first-order chi connectivity index (χ1) is 12.2. The molecule has 0 saturated heterocycles. The molecule has 6 heteroatoms. The number of benzene rings is 2. The Morgan fingerprint density at radius 3 is 2.44 bits per heavy atom. The van der Waals surface area contributed by atoms with Gasteiger partial charge in [-0.25, -0.2) is 4.68 Å². The van der Waals surface area contributed by atoms with E-state index in [-0.39, 0.29) is 18.0 Å². The Morgan fingerprint density at radius 1 is 1.04 bits per heavy atom. The van der Waals surface area contributed by atoms with E-state index in [9.17, 15) is 9.59 Å². The van der Waals surface area contributed by atoms with Crippen LogP contribution in [0.15, 0.2) is 76.4 Å². The largest absolute Gasteiger partial charge is 0.324 e. The lowest BCUT2D eigenvalue weighted by Gasteiger charge is -2.08. The summed E-state index contributed by atoms with van der Waals surface area (Å²) in [5, 5.41) is 7.07. The molecule has 0 spiro atoms. The van der Waals surface area contributed by atoms with Crippen LogP contribution in [0.4, 0.5) is 5.69 Å². The maximum absolute atomic E-state index is 12.2. The Kier molecular flexibility index (Phi) is 5.30. The van der Waals surface area contributed by atoms with Crippen LogP contribution < -0.4 is 10.9 Å². The standard InChI is InChI=1S/C19H17N3O2S/c1-25-16-9-7-15(8-10-16)20-18(23)13-22-19(24)12-11-17(21-22)14-5-3-2-4-6-14/h2-12H,13H2,1H3,(H,20,23). The topological polar surface area (TPSA) is 64.0 Å². The van der Waals surface area contributed by atoms with Gasteiger partial charge in [-0.3, -0.25) is 9.59 Å². The van der Waals surface area contributed by atoms with Crippen molar-refractivity contribution >= 4 is 23.4 Å². The third-order valence-electron chi connectivity index (χ3n) is 3.60. The number of nitrogens with one attached hydrogen (secondary N) is 1. The van der Waals surface area contributed by atoms with Gasteiger partial charge in [0.15, 0.2) is 0 Å². The number of carbonyl (C=O) groups excluding carboxylic acids is 1. The van der Waals surface area contributed by atoms with Gasteiger partial charge in [0.2, 0.25) is 5.91 Å². The van der Waals surface area contributed by atoms with Crippen molar-refractivity contribution in [3.05, 3.63) is 77.1 Å². The monoisotopic (exact) mass is 351 g/mol. The van der Waals surface area contributed by atoms with Crippen LogP contribution in [0.25, 0.3) is 11.3 Å². The number of hydrogen-bond acceptors (Lipinski definition) is 4. The van der Waals surface area contributed by atoms with Crippen molar-refractivity contribution in [2.75, 3.05) is 11.6 Å². The fourth-order valence-electron chi connectivity index (χ4n) is 2.34. The number of amides is 1. The highest BCUT2D eigenvalue weighted by Crippen LogP contribution is 2.17. The second-order valence-corrected chi connectivity index (χ2v) is 6.24. The molecule has 0 radical (unpaired) electrons. The lowest BCUT2D eigenvalue weighted by molar-refractivity contribution is -0.117. The minimum absolute atomic E-state index is 0.135. The van der Waals surface area contributed by atoms with E-state index < -0.39 is 0 Å². The first-order valence-electron chi connectivity index (χ1n) is 7.73. The Hall–Kier alpha value is -2.86. The van der Waals surface area contributed by atoms with E-state index in [1.807, 2.05) is 60.9 Å². The van der Waals surface area contributed by atoms with Crippen LogP contribution in [0.2, 0.25) is 0 Å². The molecule has 0 bridgehead atoms. The van der Waals surface area contributed by atoms with Crippen LogP contribution in [-0.2, 0) is 11.3 Å². The fourth-order valence-corrected chi connectivity index (χ4v) is 2.74. The van der Waals surface area contributed by atoms with E-state index in [1.54, 1.807) is 17.8 Å². The molecule has 126 valence electrons. The highest BCUT2D eigenvalue weighted by atomic mass is 32.2. The van der Waals surface area contributed by atoms with Crippen molar-refractivity contribution in [1.82, 2.24) is 9.78 Å². The Bertz CT molecular complexity index is 921. The minimum atomic E-state index is -0.312. The second kappa shape index (κ2) is 7.81. The van der Waals surface area contributed by atoms with Crippen LogP contribution in [-0.4, -0.2) is 21.9 Å². The average molecular weight is 351 g/mol. The van der Waals surface area contributed by atoms with Crippen LogP contribution in [0.1, 0.15) is 0 Å². The molecule has 5 nitrogen and oxygen atoms in total. The van der Waals surface area contributed by atoms with E-state index in [2.05, 4.69) is 10.4 Å². The van der Waals surface area contributed by atoms with E-state index >= 15 is 0 Å². The van der Waals surface area contributed by atoms with Gasteiger partial charge >= 0.3 is 0 Å². The lowest BCUT2D eigenvalue weighted by Crippen LogP contribution is -2.29. The number of anilines is 1. The number of carbonyl (C=O) groups is 1. The molecule has 0 aliphatic heterocycles. The zero-order valence-electron chi connectivity index (χ0n) is 13.7. The zero-order valence-corrected chi connectivity index (χ0v) is 14.5. The van der Waals surface area contributed by atoms with E-state index in [1.165, 1.54) is 10.7 Å². The molecule has 0 aliphatic carbocycles. The summed E-state index contributed by atoms with van der Waals surface area (Å²) in [5.74, 6) is -0.295. The summed E-state index contributed by atoms with van der Waals surface area (Å²) in [6.07, 6.45) is 1.99. The summed E-state index contributed by atoms with van der Waals surface area (Å²) in [5.41, 5.74) is 1.92. The molecule has 0 atom stereocenters. The van der Waals surface area contributed by atoms with Crippen molar-refractivity contribution in [2.45, 2.75) is 11.4 Å². The van der Waals surface area contributed by atoms with Crippen LogP contribution >= 0.6 is 11.8 Å². The normalized spacial score (nSPS) is 10.4. The summed E-state index contributed by atoms with van der Waals surface area (Å²) in [6.45, 7) is -0.135. The molecule has 0 unspecified atom stereocenters. The highest BCUT2D eigenvalue weighted by molar-refractivity contribution is 7.98. The summed E-state index contributed by atoms with van der Waals surface area (Å²) in [6, 6.07) is 20.1. The van der Waals surface area contributed by atoms with Gasteiger partial charge < -0.3 is 5.32 Å². The van der Waals surface area contributed by atoms with Crippen LogP contribution in [0.5, 0.6) is 0 Å². The maximum atomic E-state index is 12.2. The first-order valence-corrected chi connectivity index (χ1v) is 8.96. The molecular weight excluding hydrogens is 334 g/mol. The van der Waals surface area contributed by atoms with Crippen molar-refractivity contribution < 1.29 is 4.79 Å². The fraction of sp³-hybridized carbons (Fsp3) is 0.105. The molecule has 1 heterocycles. The van der Waals surface area contributed by atoms with E-state index in [4.69, 9.17) is 0 Å². The van der Waals surface area contributed by atoms with Gasteiger partial charge in [0.05, 0.1) is 5.69 Å². The summed E-state index contributed by atoms with van der Waals surface area (Å²) >= 11 is 1.63. The van der Waals surface area contributed by atoms with Gasteiger partial charge in [0.25, 0.3) is 5.56 Å². The van der Waals surface area contributed by atoms with Gasteiger partial charge in [-0.15, -0.1) is 11.8 Å². The molecule has 3 aromatic rings. The van der Waals surface area contributed by atoms with Crippen LogP contribution in [0.3, 0.4) is 0 Å². The predicted octanol–water partition coefficient (Wildman–Crippen LogP) is 3.27. The van der Waals surface area contributed by atoms with Gasteiger partial charge in [0.1, 0.15) is 6.54 Å². The predicted molar refractivity (Wildman–Crippen MR) is 101 cm³/mol. The highest BCUT2D eigenvalue weighted by Gasteiger charge is 2.08. The molecule has 1 amide bonds. The molecule has 1 aromatic heterocycles. The molecule has 25 heavy (non-hydrogen) atoms. The Morgan fingerprint density at radius 2 is 1.76 bits per heavy atom. The number of nitrogens with zero attached hydrogens (tertiary/aromatic N) is 2. The molecule has 0 saturated carbocycles. The third kappa shape index (κ3) is 4.36. The number of aromatic nitrogens is 2. The maximum Gasteiger partial charge on any atom is 0.267 e. The van der Waals surface area contributed by atoms with Crippen LogP contribution in [0, 0.1) is 0 Å². The first kappa shape index (κ1) is 17.0. The molecule has 3 rings (SSSR count). The Labute approximate surface area is 149 Å². The molecule has 0 aliphatic rings. The number of hydrogen-bond donors (Lipinski definition) is 1. The molecular formula is C19H17N3O2S. The van der Waals surface area contributed by atoms with Crippen molar-refractivity contribution in [3.8, 4) is 11.3 Å². The summed E-state index contributed by atoms with van der Waals surface area (Å²) < 4.78 is 1.17. The van der Waals surface area contributed by atoms with Crippen molar-refractivity contribution in [3.63, 3.8) is 0 Å². The molecule has 0 fully saturated rings. The van der Waals surface area contributed by atoms with Gasteiger partial charge in [-0.05, 0) is 36.6 Å². The third-order valence-corrected chi connectivity index (χ3v) is 4.35. The summed E-state index contributed by atoms with van der Waals surface area (Å²) in [7, 11) is 0. The van der Waals surface area contributed by atoms with Gasteiger partial charge in [-0.2, -0.15) is 5.10 Å². The SMILES string of the molecule is CSc1ccc(NC(=O)Cn2nc(-c3ccccc3)ccc2=O)cc1. The quantitative estimate of drug-likeness (QED) is 0.717. The minimum Gasteiger partial charge on any atom is -0.324 e. The van der Waals surface area contributed by atoms with Crippen molar-refractivity contribution in [1.29, 1.82) is 0 Å². The van der Waals surface area contributed by atoms with Gasteiger partial charge in [0, 0.05) is 22.2 Å². The zero-order chi connectivity index (χ0) is 17.6. The van der Waals surface area contributed by atoms with Gasteiger partial charge in [-0.1, -0.05) is 30.3 Å². The lowest BCUT2D eigenvalue weighted by atomic mass is 10.1. The summed E-state index contributed by atoms with van der Waals surface area (Å²) in [4.78, 5) is 25.3. The molecule has 2 aromatic carbocycles. The molecule has 1 N–H and O–H groups in total. The number of rotatable bonds is 5. The Balaban J connectivity index is 1.75. The van der Waals surface area contributed by atoms with E-state index in [0.29, 0.717) is 11.4 Å². The second-order valence-electron chi connectivity index (χ2n) is 5.36. The average Bonchev–Trinajstić information content (AvgIpc) is 2.65. The van der Waals surface area contributed by atoms with Crippen molar-refractivity contribution in [2.24, 2.45) is 0 Å². The number of thioether (sulfide) groups is 1. The van der Waals surface area contributed by atoms with E-state index in [0.717, 1.165) is 10.5 Å².